The van der Waals surface area contributed by atoms with Crippen molar-refractivity contribution in [1.29, 1.82) is 0 Å². The maximum atomic E-state index is 10.6. The van der Waals surface area contributed by atoms with Crippen LogP contribution in [0.25, 0.3) is 6.08 Å². The summed E-state index contributed by atoms with van der Waals surface area (Å²) in [5.74, 6) is 6.96. The van der Waals surface area contributed by atoms with E-state index in [9.17, 15) is 5.11 Å². The molecule has 1 fully saturated rings. The van der Waals surface area contributed by atoms with E-state index >= 15 is 0 Å². The molecule has 0 saturated heterocycles. The molecule has 1 saturated carbocycles. The summed E-state index contributed by atoms with van der Waals surface area (Å²) in [5.41, 5.74) is 2.71. The molecule has 0 bridgehead atoms. The highest BCUT2D eigenvalue weighted by Gasteiger charge is 2.19. The minimum atomic E-state index is -0.669. The molecule has 2 aromatic carbocycles. The van der Waals surface area contributed by atoms with Crippen molar-refractivity contribution in [3.05, 3.63) is 77.4 Å². The molecule has 1 aliphatic rings. The van der Waals surface area contributed by atoms with Crippen molar-refractivity contribution >= 4 is 6.08 Å². The fourth-order valence-electron chi connectivity index (χ4n) is 2.14. The van der Waals surface area contributed by atoms with Crippen molar-refractivity contribution in [2.24, 2.45) is 5.92 Å². The van der Waals surface area contributed by atoms with Crippen molar-refractivity contribution in [3.63, 3.8) is 0 Å². The van der Waals surface area contributed by atoms with Crippen LogP contribution in [0.15, 0.2) is 66.2 Å². The fraction of sp³-hybridized carbons (Fsp3) is 0.200. The van der Waals surface area contributed by atoms with E-state index in [1.807, 2.05) is 66.7 Å². The highest BCUT2D eigenvalue weighted by atomic mass is 16.3. The monoisotopic (exact) mass is 274 g/mol. The quantitative estimate of drug-likeness (QED) is 0.831. The molecule has 1 atom stereocenters. The fourth-order valence-corrected chi connectivity index (χ4v) is 2.14. The lowest BCUT2D eigenvalue weighted by Crippen LogP contribution is -2.00. The molecule has 0 amide bonds. The summed E-state index contributed by atoms with van der Waals surface area (Å²) in [6, 6.07) is 19.7. The van der Waals surface area contributed by atoms with E-state index in [2.05, 4.69) is 11.8 Å². The molecule has 2 aromatic rings. The average molecular weight is 274 g/mol. The highest BCUT2D eigenvalue weighted by Crippen LogP contribution is 2.29. The van der Waals surface area contributed by atoms with Crippen molar-refractivity contribution in [2.75, 3.05) is 0 Å². The largest absolute Gasteiger partial charge is 0.383 e. The van der Waals surface area contributed by atoms with Gasteiger partial charge in [0.05, 0.1) is 0 Å². The van der Waals surface area contributed by atoms with Gasteiger partial charge in [0.25, 0.3) is 0 Å². The Bertz CT molecular complexity index is 670. The number of aliphatic hydroxyl groups is 1. The molecular formula is C20H18O. The van der Waals surface area contributed by atoms with Gasteiger partial charge in [-0.05, 0) is 30.0 Å². The zero-order valence-corrected chi connectivity index (χ0v) is 11.9. The Kier molecular flexibility index (Phi) is 4.19. The third-order valence-corrected chi connectivity index (χ3v) is 3.53. The summed E-state index contributed by atoms with van der Waals surface area (Å²) in [6.45, 7) is 0. The molecule has 3 rings (SSSR count). The second-order valence-corrected chi connectivity index (χ2v) is 5.37. The van der Waals surface area contributed by atoms with E-state index in [4.69, 9.17) is 0 Å². The molecule has 21 heavy (non-hydrogen) atoms. The SMILES string of the molecule is OC(/C(C#CC1CC1)=C/c1ccccc1)c1ccccc1. The first-order valence-electron chi connectivity index (χ1n) is 7.34. The Hall–Kier alpha value is -2.30. The van der Waals surface area contributed by atoms with Crippen LogP contribution < -0.4 is 0 Å². The molecule has 1 nitrogen and oxygen atoms in total. The van der Waals surface area contributed by atoms with Crippen LogP contribution in [-0.4, -0.2) is 5.11 Å². The van der Waals surface area contributed by atoms with Crippen LogP contribution >= 0.6 is 0 Å². The zero-order valence-electron chi connectivity index (χ0n) is 11.9. The molecule has 1 N–H and O–H groups in total. The summed E-state index contributed by atoms with van der Waals surface area (Å²) in [7, 11) is 0. The van der Waals surface area contributed by atoms with Gasteiger partial charge in [-0.2, -0.15) is 0 Å². The lowest BCUT2D eigenvalue weighted by atomic mass is 9.99. The van der Waals surface area contributed by atoms with Gasteiger partial charge in [-0.1, -0.05) is 72.5 Å². The first kappa shape index (κ1) is 13.7. The predicted molar refractivity (Wildman–Crippen MR) is 86.3 cm³/mol. The molecule has 1 unspecified atom stereocenters. The predicted octanol–water partition coefficient (Wildman–Crippen LogP) is 4.22. The van der Waals surface area contributed by atoms with Gasteiger partial charge in [0.2, 0.25) is 0 Å². The second kappa shape index (κ2) is 6.43. The van der Waals surface area contributed by atoms with Crippen molar-refractivity contribution in [1.82, 2.24) is 0 Å². The van der Waals surface area contributed by atoms with Crippen LogP contribution in [0.5, 0.6) is 0 Å². The van der Waals surface area contributed by atoms with Crippen LogP contribution in [0.2, 0.25) is 0 Å². The van der Waals surface area contributed by atoms with Crippen LogP contribution in [0.1, 0.15) is 30.1 Å². The molecule has 104 valence electrons. The van der Waals surface area contributed by atoms with E-state index in [1.54, 1.807) is 0 Å². The first-order valence-corrected chi connectivity index (χ1v) is 7.34. The van der Waals surface area contributed by atoms with Gasteiger partial charge in [-0.25, -0.2) is 0 Å². The van der Waals surface area contributed by atoms with Gasteiger partial charge in [0.15, 0.2) is 0 Å². The number of rotatable bonds is 3. The lowest BCUT2D eigenvalue weighted by molar-refractivity contribution is 0.222. The summed E-state index contributed by atoms with van der Waals surface area (Å²) in [6.07, 6.45) is 3.69. The molecule has 0 radical (unpaired) electrons. The zero-order chi connectivity index (χ0) is 14.5. The first-order chi connectivity index (χ1) is 10.3. The molecule has 0 spiro atoms. The van der Waals surface area contributed by atoms with Gasteiger partial charge in [-0.3, -0.25) is 0 Å². The Balaban J connectivity index is 1.92. The lowest BCUT2D eigenvalue weighted by Gasteiger charge is -2.11. The summed E-state index contributed by atoms with van der Waals surface area (Å²) in [4.78, 5) is 0. The summed E-state index contributed by atoms with van der Waals surface area (Å²) < 4.78 is 0. The van der Waals surface area contributed by atoms with Crippen LogP contribution in [0.4, 0.5) is 0 Å². The molecule has 0 aliphatic heterocycles. The minimum Gasteiger partial charge on any atom is -0.383 e. The van der Waals surface area contributed by atoms with E-state index in [0.29, 0.717) is 5.92 Å². The van der Waals surface area contributed by atoms with Crippen LogP contribution in [-0.2, 0) is 0 Å². The van der Waals surface area contributed by atoms with Crippen molar-refractivity contribution in [3.8, 4) is 11.8 Å². The maximum absolute atomic E-state index is 10.6. The maximum Gasteiger partial charge on any atom is 0.112 e. The van der Waals surface area contributed by atoms with E-state index in [0.717, 1.165) is 16.7 Å². The topological polar surface area (TPSA) is 20.2 Å². The number of aliphatic hydroxyl groups excluding tert-OH is 1. The molecule has 1 heteroatoms. The second-order valence-electron chi connectivity index (χ2n) is 5.37. The number of hydrogen-bond acceptors (Lipinski definition) is 1. The Morgan fingerprint density at radius 1 is 1.00 bits per heavy atom. The van der Waals surface area contributed by atoms with Crippen LogP contribution in [0.3, 0.4) is 0 Å². The number of hydrogen-bond donors (Lipinski definition) is 1. The van der Waals surface area contributed by atoms with Gasteiger partial charge in [0.1, 0.15) is 6.10 Å². The van der Waals surface area contributed by atoms with E-state index in [-0.39, 0.29) is 0 Å². The smallest absolute Gasteiger partial charge is 0.112 e. The van der Waals surface area contributed by atoms with Gasteiger partial charge in [-0.15, -0.1) is 0 Å². The number of benzene rings is 2. The molecule has 0 aromatic heterocycles. The molecule has 1 aliphatic carbocycles. The van der Waals surface area contributed by atoms with E-state index in [1.165, 1.54) is 12.8 Å². The van der Waals surface area contributed by atoms with E-state index < -0.39 is 6.10 Å². The Labute approximate surface area is 126 Å². The molecular weight excluding hydrogens is 256 g/mol. The highest BCUT2D eigenvalue weighted by molar-refractivity contribution is 5.60. The van der Waals surface area contributed by atoms with Crippen LogP contribution in [0, 0.1) is 17.8 Å². The Morgan fingerprint density at radius 2 is 1.62 bits per heavy atom. The van der Waals surface area contributed by atoms with Gasteiger partial charge >= 0.3 is 0 Å². The summed E-state index contributed by atoms with van der Waals surface area (Å²) in [5, 5.41) is 10.6. The third-order valence-electron chi connectivity index (χ3n) is 3.53. The standard InChI is InChI=1S/C20H18O/c21-20(18-9-5-2-6-10-18)19(14-13-16-11-12-16)15-17-7-3-1-4-8-17/h1-10,15-16,20-21H,11-12H2/b19-15+. The Morgan fingerprint density at radius 3 is 2.24 bits per heavy atom. The average Bonchev–Trinajstić information content (AvgIpc) is 3.37. The third kappa shape index (κ3) is 3.84. The normalized spacial score (nSPS) is 16.0. The summed E-state index contributed by atoms with van der Waals surface area (Å²) >= 11 is 0. The minimum absolute atomic E-state index is 0.521. The van der Waals surface area contributed by atoms with Gasteiger partial charge < -0.3 is 5.11 Å². The molecule has 0 heterocycles. The van der Waals surface area contributed by atoms with Gasteiger partial charge in [0, 0.05) is 11.5 Å². The van der Waals surface area contributed by atoms with Crippen molar-refractivity contribution < 1.29 is 5.11 Å². The van der Waals surface area contributed by atoms with Crippen molar-refractivity contribution in [2.45, 2.75) is 18.9 Å².